The molecule has 0 aliphatic carbocycles. The molecule has 0 saturated carbocycles. The van der Waals surface area contributed by atoms with E-state index in [0.717, 1.165) is 39.3 Å². The van der Waals surface area contributed by atoms with E-state index in [1.807, 2.05) is 0 Å². The third kappa shape index (κ3) is 6.01. The van der Waals surface area contributed by atoms with Crippen LogP contribution in [0.3, 0.4) is 0 Å². The number of rotatable bonds is 12. The third-order valence-corrected chi connectivity index (χ3v) is 7.41. The van der Waals surface area contributed by atoms with E-state index in [1.54, 1.807) is 0 Å². The zero-order valence-corrected chi connectivity index (χ0v) is 23.0. The lowest BCUT2D eigenvalue weighted by Gasteiger charge is -2.27. The molecule has 3 aromatic rings. The summed E-state index contributed by atoms with van der Waals surface area (Å²) < 4.78 is 0. The number of benzene rings is 3. The molecule has 35 heavy (non-hydrogen) atoms. The SMILES string of the molecule is CCN(CC)c1ccc(C(c2ccc(N(CC)CC)cc2)c2cc(N(CC)CC)ccc2C)cc1. The van der Waals surface area contributed by atoms with Crippen molar-refractivity contribution in [2.75, 3.05) is 54.0 Å². The molecule has 3 nitrogen and oxygen atoms in total. The smallest absolute Gasteiger partial charge is 0.0369 e. The summed E-state index contributed by atoms with van der Waals surface area (Å²) in [6.07, 6.45) is 0. The van der Waals surface area contributed by atoms with Crippen LogP contribution >= 0.6 is 0 Å². The molecule has 0 saturated heterocycles. The van der Waals surface area contributed by atoms with Crippen LogP contribution in [0, 0.1) is 6.92 Å². The molecule has 0 aromatic heterocycles. The summed E-state index contributed by atoms with van der Waals surface area (Å²) in [5.41, 5.74) is 9.31. The average molecular weight is 472 g/mol. The van der Waals surface area contributed by atoms with Crippen molar-refractivity contribution in [1.82, 2.24) is 0 Å². The van der Waals surface area contributed by atoms with Crippen LogP contribution in [-0.4, -0.2) is 39.3 Å². The Balaban J connectivity index is 2.12. The zero-order chi connectivity index (χ0) is 25.4. The highest BCUT2D eigenvalue weighted by Gasteiger charge is 2.21. The van der Waals surface area contributed by atoms with Gasteiger partial charge < -0.3 is 14.7 Å². The number of aryl methyl sites for hydroxylation is 1. The minimum Gasteiger partial charge on any atom is -0.372 e. The molecule has 3 rings (SSSR count). The van der Waals surface area contributed by atoms with Crippen LogP contribution in [0.15, 0.2) is 66.7 Å². The Morgan fingerprint density at radius 3 is 1.20 bits per heavy atom. The van der Waals surface area contributed by atoms with Crippen LogP contribution in [0.2, 0.25) is 0 Å². The lowest BCUT2D eigenvalue weighted by molar-refractivity contribution is 0.857. The van der Waals surface area contributed by atoms with Crippen molar-refractivity contribution in [3.63, 3.8) is 0 Å². The van der Waals surface area contributed by atoms with Gasteiger partial charge in [0, 0.05) is 62.2 Å². The molecule has 0 amide bonds. The van der Waals surface area contributed by atoms with Crippen molar-refractivity contribution >= 4 is 17.1 Å². The lowest BCUT2D eigenvalue weighted by atomic mass is 9.82. The van der Waals surface area contributed by atoms with Crippen molar-refractivity contribution < 1.29 is 0 Å². The van der Waals surface area contributed by atoms with E-state index in [4.69, 9.17) is 0 Å². The monoisotopic (exact) mass is 471 g/mol. The number of anilines is 3. The predicted molar refractivity (Wildman–Crippen MR) is 156 cm³/mol. The van der Waals surface area contributed by atoms with Gasteiger partial charge in [0.15, 0.2) is 0 Å². The van der Waals surface area contributed by atoms with Crippen LogP contribution in [0.1, 0.15) is 69.7 Å². The molecule has 0 radical (unpaired) electrons. The van der Waals surface area contributed by atoms with E-state index in [9.17, 15) is 0 Å². The molecule has 0 aliphatic heterocycles. The van der Waals surface area contributed by atoms with E-state index in [0.29, 0.717) is 0 Å². The maximum Gasteiger partial charge on any atom is 0.0369 e. The summed E-state index contributed by atoms with van der Waals surface area (Å²) in [4.78, 5) is 7.25. The Kier molecular flexibility index (Phi) is 9.65. The second-order valence-corrected chi connectivity index (χ2v) is 9.17. The van der Waals surface area contributed by atoms with Crippen LogP contribution < -0.4 is 14.7 Å². The van der Waals surface area contributed by atoms with Gasteiger partial charge in [-0.3, -0.25) is 0 Å². The first kappa shape index (κ1) is 26.7. The van der Waals surface area contributed by atoms with Gasteiger partial charge in [-0.1, -0.05) is 30.3 Å². The Bertz CT molecular complexity index is 972. The molecular formula is C32H45N3. The van der Waals surface area contributed by atoms with Crippen molar-refractivity contribution in [3.05, 3.63) is 89.0 Å². The largest absolute Gasteiger partial charge is 0.372 e. The van der Waals surface area contributed by atoms with E-state index in [1.165, 1.54) is 39.3 Å². The van der Waals surface area contributed by atoms with Gasteiger partial charge in [-0.05, 0) is 107 Å². The molecular weight excluding hydrogens is 426 g/mol. The fraction of sp³-hybridized carbons (Fsp3) is 0.438. The topological polar surface area (TPSA) is 9.72 Å². The molecule has 0 bridgehead atoms. The van der Waals surface area contributed by atoms with E-state index in [2.05, 4.69) is 130 Å². The maximum atomic E-state index is 2.44. The van der Waals surface area contributed by atoms with Crippen LogP contribution in [-0.2, 0) is 0 Å². The first-order valence-corrected chi connectivity index (χ1v) is 13.6. The van der Waals surface area contributed by atoms with Crippen molar-refractivity contribution in [3.8, 4) is 0 Å². The average Bonchev–Trinajstić information content (AvgIpc) is 2.89. The van der Waals surface area contributed by atoms with Gasteiger partial charge in [-0.2, -0.15) is 0 Å². The van der Waals surface area contributed by atoms with Crippen molar-refractivity contribution in [2.24, 2.45) is 0 Å². The van der Waals surface area contributed by atoms with Gasteiger partial charge >= 0.3 is 0 Å². The summed E-state index contributed by atoms with van der Waals surface area (Å²) in [5, 5.41) is 0. The molecule has 0 heterocycles. The normalized spacial score (nSPS) is 11.1. The van der Waals surface area contributed by atoms with Gasteiger partial charge in [0.25, 0.3) is 0 Å². The molecule has 0 atom stereocenters. The zero-order valence-electron chi connectivity index (χ0n) is 23.0. The summed E-state index contributed by atoms with van der Waals surface area (Å²) >= 11 is 0. The first-order valence-electron chi connectivity index (χ1n) is 13.6. The van der Waals surface area contributed by atoms with Gasteiger partial charge in [-0.15, -0.1) is 0 Å². The number of nitrogens with zero attached hydrogens (tertiary/aromatic N) is 3. The molecule has 0 aliphatic rings. The summed E-state index contributed by atoms with van der Waals surface area (Å²) in [6, 6.07) is 25.5. The Morgan fingerprint density at radius 1 is 0.486 bits per heavy atom. The molecule has 0 spiro atoms. The highest BCUT2D eigenvalue weighted by Crippen LogP contribution is 2.37. The molecule has 0 unspecified atom stereocenters. The minimum atomic E-state index is 0.196. The molecule has 188 valence electrons. The molecule has 0 fully saturated rings. The van der Waals surface area contributed by atoms with Gasteiger partial charge in [-0.25, -0.2) is 0 Å². The fourth-order valence-corrected chi connectivity index (χ4v) is 5.21. The lowest BCUT2D eigenvalue weighted by Crippen LogP contribution is -2.22. The quantitative estimate of drug-likeness (QED) is 0.250. The summed E-state index contributed by atoms with van der Waals surface area (Å²) in [5.74, 6) is 0.196. The van der Waals surface area contributed by atoms with E-state index >= 15 is 0 Å². The Morgan fingerprint density at radius 2 is 0.829 bits per heavy atom. The Hall–Kier alpha value is -2.94. The highest BCUT2D eigenvalue weighted by molar-refractivity contribution is 5.58. The molecule has 3 heteroatoms. The fourth-order valence-electron chi connectivity index (χ4n) is 5.21. The second-order valence-electron chi connectivity index (χ2n) is 9.17. The summed E-state index contributed by atoms with van der Waals surface area (Å²) in [6.45, 7) is 21.7. The molecule has 3 aromatic carbocycles. The van der Waals surface area contributed by atoms with Crippen molar-refractivity contribution in [1.29, 1.82) is 0 Å². The van der Waals surface area contributed by atoms with Crippen LogP contribution in [0.25, 0.3) is 0 Å². The van der Waals surface area contributed by atoms with Gasteiger partial charge in [0.05, 0.1) is 0 Å². The third-order valence-electron chi connectivity index (χ3n) is 7.41. The van der Waals surface area contributed by atoms with E-state index in [-0.39, 0.29) is 5.92 Å². The van der Waals surface area contributed by atoms with E-state index < -0.39 is 0 Å². The van der Waals surface area contributed by atoms with Crippen LogP contribution in [0.4, 0.5) is 17.1 Å². The predicted octanol–water partition coefficient (Wildman–Crippen LogP) is 7.71. The number of hydrogen-bond acceptors (Lipinski definition) is 3. The van der Waals surface area contributed by atoms with Crippen LogP contribution in [0.5, 0.6) is 0 Å². The first-order chi connectivity index (χ1) is 17.0. The standard InChI is InChI=1S/C32H45N3/c1-8-33(9-2)28-20-15-26(16-21-28)32(27-17-22-29(23-18-27)34(10-3)11-4)31-24-30(19-14-25(31)7)35(12-5)13-6/h14-24,32H,8-13H2,1-7H3. The Labute approximate surface area is 214 Å². The van der Waals surface area contributed by atoms with Gasteiger partial charge in [0.2, 0.25) is 0 Å². The summed E-state index contributed by atoms with van der Waals surface area (Å²) in [7, 11) is 0. The van der Waals surface area contributed by atoms with Crippen molar-refractivity contribution in [2.45, 2.75) is 54.4 Å². The maximum absolute atomic E-state index is 2.44. The molecule has 0 N–H and O–H groups in total. The minimum absolute atomic E-state index is 0.196. The van der Waals surface area contributed by atoms with Gasteiger partial charge in [0.1, 0.15) is 0 Å². The highest BCUT2D eigenvalue weighted by atomic mass is 15.1. The number of hydrogen-bond donors (Lipinski definition) is 0. The second kappa shape index (κ2) is 12.7.